The molecule has 0 spiro atoms. The van der Waals surface area contributed by atoms with Crippen molar-refractivity contribution in [3.8, 4) is 0 Å². The minimum atomic E-state index is 1.16. The second kappa shape index (κ2) is 6.29. The van der Waals surface area contributed by atoms with Crippen LogP contribution in [0.15, 0.2) is 42.6 Å². The van der Waals surface area contributed by atoms with Crippen LogP contribution in [0.5, 0.6) is 0 Å². The van der Waals surface area contributed by atoms with Crippen LogP contribution in [-0.2, 0) is 6.42 Å². The van der Waals surface area contributed by atoms with Crippen LogP contribution in [0.2, 0.25) is 0 Å². The van der Waals surface area contributed by atoms with E-state index in [1.165, 1.54) is 42.1 Å². The van der Waals surface area contributed by atoms with E-state index in [-0.39, 0.29) is 0 Å². The minimum absolute atomic E-state index is 1.16. The third-order valence-corrected chi connectivity index (χ3v) is 3.14. The first-order valence-electron chi connectivity index (χ1n) is 6.62. The summed E-state index contributed by atoms with van der Waals surface area (Å²) in [4.78, 5) is 3.34. The SMILES string of the molecule is CC/C=C\CCCCc1c[nH]c2ccccc12. The largest absolute Gasteiger partial charge is 0.361 e. The van der Waals surface area contributed by atoms with Crippen molar-refractivity contribution in [2.24, 2.45) is 0 Å². The van der Waals surface area contributed by atoms with Crippen molar-refractivity contribution in [2.45, 2.75) is 39.0 Å². The number of allylic oxidation sites excluding steroid dienone is 2. The van der Waals surface area contributed by atoms with Gasteiger partial charge in [-0.1, -0.05) is 37.3 Å². The van der Waals surface area contributed by atoms with Gasteiger partial charge in [0.25, 0.3) is 0 Å². The molecule has 90 valence electrons. The predicted molar refractivity (Wildman–Crippen MR) is 75.3 cm³/mol. The van der Waals surface area contributed by atoms with Crippen LogP contribution in [-0.4, -0.2) is 4.98 Å². The Morgan fingerprint density at radius 3 is 2.88 bits per heavy atom. The van der Waals surface area contributed by atoms with Crippen LogP contribution in [0.3, 0.4) is 0 Å². The molecule has 2 rings (SSSR count). The summed E-state index contributed by atoms with van der Waals surface area (Å²) in [6, 6.07) is 8.54. The average Bonchev–Trinajstić information content (AvgIpc) is 2.77. The van der Waals surface area contributed by atoms with Gasteiger partial charge in [0.15, 0.2) is 0 Å². The van der Waals surface area contributed by atoms with Gasteiger partial charge in [0, 0.05) is 17.1 Å². The zero-order valence-corrected chi connectivity index (χ0v) is 10.6. The Hall–Kier alpha value is -1.50. The van der Waals surface area contributed by atoms with Crippen LogP contribution in [0.25, 0.3) is 10.9 Å². The molecule has 0 radical (unpaired) electrons. The number of nitrogens with one attached hydrogen (secondary N) is 1. The normalized spacial score (nSPS) is 11.6. The molecule has 17 heavy (non-hydrogen) atoms. The molecule has 1 nitrogen and oxygen atoms in total. The summed E-state index contributed by atoms with van der Waals surface area (Å²) < 4.78 is 0. The molecule has 0 aliphatic heterocycles. The summed E-state index contributed by atoms with van der Waals surface area (Å²) in [6.07, 6.45) is 12.8. The maximum Gasteiger partial charge on any atom is 0.0456 e. The zero-order valence-electron chi connectivity index (χ0n) is 10.6. The molecule has 1 N–H and O–H groups in total. The van der Waals surface area contributed by atoms with Gasteiger partial charge in [0.1, 0.15) is 0 Å². The summed E-state index contributed by atoms with van der Waals surface area (Å²) >= 11 is 0. The van der Waals surface area contributed by atoms with Crippen molar-refractivity contribution < 1.29 is 0 Å². The van der Waals surface area contributed by atoms with Gasteiger partial charge in [-0.3, -0.25) is 0 Å². The molecule has 0 unspecified atom stereocenters. The minimum Gasteiger partial charge on any atom is -0.361 e. The summed E-state index contributed by atoms with van der Waals surface area (Å²) in [5, 5.41) is 1.39. The molecule has 1 heteroatoms. The van der Waals surface area contributed by atoms with Gasteiger partial charge in [0.05, 0.1) is 0 Å². The fourth-order valence-corrected chi connectivity index (χ4v) is 2.20. The summed E-state index contributed by atoms with van der Waals surface area (Å²) in [5.41, 5.74) is 2.72. The van der Waals surface area contributed by atoms with Crippen molar-refractivity contribution in [1.29, 1.82) is 0 Å². The van der Waals surface area contributed by atoms with Crippen LogP contribution < -0.4 is 0 Å². The Labute approximate surface area is 104 Å². The lowest BCUT2D eigenvalue weighted by Gasteiger charge is -1.98. The number of hydrogen-bond donors (Lipinski definition) is 1. The van der Waals surface area contributed by atoms with Gasteiger partial charge >= 0.3 is 0 Å². The van der Waals surface area contributed by atoms with Crippen molar-refractivity contribution in [3.63, 3.8) is 0 Å². The van der Waals surface area contributed by atoms with E-state index >= 15 is 0 Å². The molecular weight excluding hydrogens is 206 g/mol. The predicted octanol–water partition coefficient (Wildman–Crippen LogP) is 4.85. The maximum absolute atomic E-state index is 3.34. The van der Waals surface area contributed by atoms with Crippen molar-refractivity contribution in [3.05, 3.63) is 48.2 Å². The Bertz CT molecular complexity index is 479. The van der Waals surface area contributed by atoms with E-state index < -0.39 is 0 Å². The number of aryl methyl sites for hydroxylation is 1. The molecule has 0 saturated carbocycles. The number of hydrogen-bond acceptors (Lipinski definition) is 0. The van der Waals surface area contributed by atoms with Crippen molar-refractivity contribution >= 4 is 10.9 Å². The van der Waals surface area contributed by atoms with Gasteiger partial charge in [-0.05, 0) is 43.7 Å². The smallest absolute Gasteiger partial charge is 0.0456 e. The highest BCUT2D eigenvalue weighted by atomic mass is 14.7. The van der Waals surface area contributed by atoms with E-state index in [1.54, 1.807) is 0 Å². The summed E-state index contributed by atoms with van der Waals surface area (Å²) in [7, 11) is 0. The van der Waals surface area contributed by atoms with E-state index in [0.717, 1.165) is 6.42 Å². The highest BCUT2D eigenvalue weighted by molar-refractivity contribution is 5.82. The Morgan fingerprint density at radius 1 is 1.12 bits per heavy atom. The molecule has 1 aromatic carbocycles. The van der Waals surface area contributed by atoms with Crippen LogP contribution in [0.4, 0.5) is 0 Å². The van der Waals surface area contributed by atoms with Crippen LogP contribution >= 0.6 is 0 Å². The summed E-state index contributed by atoms with van der Waals surface area (Å²) in [5.74, 6) is 0. The lowest BCUT2D eigenvalue weighted by Crippen LogP contribution is -1.83. The molecule has 0 fully saturated rings. The first kappa shape index (κ1) is 12.0. The van der Waals surface area contributed by atoms with Crippen molar-refractivity contribution in [2.75, 3.05) is 0 Å². The van der Waals surface area contributed by atoms with E-state index in [1.807, 2.05) is 0 Å². The molecule has 0 aliphatic carbocycles. The van der Waals surface area contributed by atoms with Gasteiger partial charge in [-0.15, -0.1) is 0 Å². The van der Waals surface area contributed by atoms with Gasteiger partial charge in [-0.25, -0.2) is 0 Å². The Kier molecular flexibility index (Phi) is 4.43. The van der Waals surface area contributed by atoms with Crippen LogP contribution in [0.1, 0.15) is 38.2 Å². The average molecular weight is 227 g/mol. The topological polar surface area (TPSA) is 15.8 Å². The highest BCUT2D eigenvalue weighted by Crippen LogP contribution is 2.19. The van der Waals surface area contributed by atoms with Gasteiger partial charge < -0.3 is 4.98 Å². The van der Waals surface area contributed by atoms with Gasteiger partial charge in [-0.2, -0.15) is 0 Å². The molecule has 2 aromatic rings. The lowest BCUT2D eigenvalue weighted by atomic mass is 10.1. The second-order valence-corrected chi connectivity index (χ2v) is 4.48. The Morgan fingerprint density at radius 2 is 2.00 bits per heavy atom. The number of fused-ring (bicyclic) bond motifs is 1. The van der Waals surface area contributed by atoms with Crippen LogP contribution in [0, 0.1) is 0 Å². The Balaban J connectivity index is 1.85. The molecule has 0 saturated heterocycles. The number of aromatic amines is 1. The standard InChI is InChI=1S/C16H21N/c1-2-3-4-5-6-7-10-14-13-17-16-12-9-8-11-15(14)16/h3-4,8-9,11-13,17H,2,5-7,10H2,1H3/b4-3-. The van der Waals surface area contributed by atoms with E-state index in [2.05, 4.69) is 54.5 Å². The molecule has 0 amide bonds. The zero-order chi connectivity index (χ0) is 11.9. The monoisotopic (exact) mass is 227 g/mol. The number of unbranched alkanes of at least 4 members (excludes halogenated alkanes) is 2. The van der Waals surface area contributed by atoms with Crippen molar-refractivity contribution in [1.82, 2.24) is 4.98 Å². The fourth-order valence-electron chi connectivity index (χ4n) is 2.20. The number of rotatable bonds is 6. The third kappa shape index (κ3) is 3.23. The molecular formula is C16H21N. The fraction of sp³-hybridized carbons (Fsp3) is 0.375. The molecule has 1 heterocycles. The molecule has 0 atom stereocenters. The highest BCUT2D eigenvalue weighted by Gasteiger charge is 2.01. The maximum atomic E-state index is 3.34. The quantitative estimate of drug-likeness (QED) is 0.536. The van der Waals surface area contributed by atoms with E-state index in [9.17, 15) is 0 Å². The van der Waals surface area contributed by atoms with Gasteiger partial charge in [0.2, 0.25) is 0 Å². The molecule has 0 aliphatic rings. The number of benzene rings is 1. The number of para-hydroxylation sites is 1. The van der Waals surface area contributed by atoms with E-state index in [4.69, 9.17) is 0 Å². The number of H-pyrrole nitrogens is 1. The number of aromatic nitrogens is 1. The molecule has 1 aromatic heterocycles. The molecule has 0 bridgehead atoms. The third-order valence-electron chi connectivity index (χ3n) is 3.14. The van der Waals surface area contributed by atoms with E-state index in [0.29, 0.717) is 0 Å². The first-order valence-corrected chi connectivity index (χ1v) is 6.62. The summed E-state index contributed by atoms with van der Waals surface area (Å²) in [6.45, 7) is 2.18. The lowest BCUT2D eigenvalue weighted by molar-refractivity contribution is 0.749. The second-order valence-electron chi connectivity index (χ2n) is 4.48. The first-order chi connectivity index (χ1) is 8.42.